The number of amides is 1. The lowest BCUT2D eigenvalue weighted by Gasteiger charge is -2.19. The van der Waals surface area contributed by atoms with Crippen LogP contribution < -0.4 is 19.5 Å². The van der Waals surface area contributed by atoms with Crippen molar-refractivity contribution >= 4 is 17.6 Å². The molecular formula is C26H27NO6. The molecular weight excluding hydrogens is 422 g/mol. The summed E-state index contributed by atoms with van der Waals surface area (Å²) in [5, 5.41) is 2.83. The third-order valence-electron chi connectivity index (χ3n) is 5.00. The SMILES string of the molecule is COc1ccc(C)cc1NC(=O)C(OC(=O)Cc1ccc(OC)c(OC)c1)c1ccccc1. The second kappa shape index (κ2) is 11.0. The van der Waals surface area contributed by atoms with Crippen LogP contribution in [0.4, 0.5) is 5.69 Å². The van der Waals surface area contributed by atoms with Crippen LogP contribution in [0, 0.1) is 6.92 Å². The maximum Gasteiger partial charge on any atom is 0.311 e. The quantitative estimate of drug-likeness (QED) is 0.485. The fourth-order valence-electron chi connectivity index (χ4n) is 3.35. The molecule has 7 nitrogen and oxygen atoms in total. The number of carbonyl (C=O) groups is 2. The van der Waals surface area contributed by atoms with E-state index in [2.05, 4.69) is 5.32 Å². The van der Waals surface area contributed by atoms with E-state index in [1.165, 1.54) is 21.3 Å². The minimum atomic E-state index is -1.14. The predicted octanol–water partition coefficient (Wildman–Crippen LogP) is 4.49. The highest BCUT2D eigenvalue weighted by molar-refractivity contribution is 5.97. The Morgan fingerprint density at radius 1 is 0.818 bits per heavy atom. The minimum absolute atomic E-state index is 0.0370. The molecule has 0 spiro atoms. The van der Waals surface area contributed by atoms with Gasteiger partial charge in [-0.05, 0) is 42.3 Å². The van der Waals surface area contributed by atoms with Gasteiger partial charge in [0.2, 0.25) is 6.10 Å². The monoisotopic (exact) mass is 449 g/mol. The lowest BCUT2D eigenvalue weighted by molar-refractivity contribution is -0.154. The molecule has 0 aromatic heterocycles. The number of anilines is 1. The van der Waals surface area contributed by atoms with E-state index in [1.54, 1.807) is 54.6 Å². The predicted molar refractivity (Wildman–Crippen MR) is 125 cm³/mol. The molecule has 0 fully saturated rings. The largest absolute Gasteiger partial charge is 0.495 e. The highest BCUT2D eigenvalue weighted by atomic mass is 16.5. The van der Waals surface area contributed by atoms with Gasteiger partial charge in [0.05, 0.1) is 33.4 Å². The Kier molecular flexibility index (Phi) is 7.91. The van der Waals surface area contributed by atoms with Crippen molar-refractivity contribution in [1.29, 1.82) is 0 Å². The third-order valence-corrected chi connectivity index (χ3v) is 5.00. The Bertz CT molecular complexity index is 1110. The Labute approximate surface area is 193 Å². The fourth-order valence-corrected chi connectivity index (χ4v) is 3.35. The number of hydrogen-bond acceptors (Lipinski definition) is 6. The number of esters is 1. The molecule has 0 aliphatic rings. The molecule has 3 rings (SSSR count). The van der Waals surface area contributed by atoms with Crippen LogP contribution in [-0.4, -0.2) is 33.2 Å². The van der Waals surface area contributed by atoms with E-state index in [0.717, 1.165) is 5.56 Å². The Morgan fingerprint density at radius 2 is 1.48 bits per heavy atom. The van der Waals surface area contributed by atoms with Crippen molar-refractivity contribution in [3.63, 3.8) is 0 Å². The molecule has 3 aromatic carbocycles. The lowest BCUT2D eigenvalue weighted by Crippen LogP contribution is -2.26. The molecule has 0 heterocycles. The van der Waals surface area contributed by atoms with E-state index in [9.17, 15) is 9.59 Å². The third kappa shape index (κ3) is 6.04. The van der Waals surface area contributed by atoms with Gasteiger partial charge >= 0.3 is 5.97 Å². The van der Waals surface area contributed by atoms with E-state index in [0.29, 0.717) is 34.1 Å². The van der Waals surface area contributed by atoms with Gasteiger partial charge in [0.15, 0.2) is 11.5 Å². The van der Waals surface area contributed by atoms with Gasteiger partial charge in [0.1, 0.15) is 5.75 Å². The Hall–Kier alpha value is -4.00. The van der Waals surface area contributed by atoms with Crippen molar-refractivity contribution in [2.75, 3.05) is 26.6 Å². The van der Waals surface area contributed by atoms with Gasteiger partial charge in [0, 0.05) is 5.56 Å². The second-order valence-corrected chi connectivity index (χ2v) is 7.34. The minimum Gasteiger partial charge on any atom is -0.495 e. The van der Waals surface area contributed by atoms with Crippen molar-refractivity contribution in [2.24, 2.45) is 0 Å². The molecule has 0 aliphatic carbocycles. The molecule has 33 heavy (non-hydrogen) atoms. The number of rotatable bonds is 9. The van der Waals surface area contributed by atoms with Crippen LogP contribution in [0.5, 0.6) is 17.2 Å². The smallest absolute Gasteiger partial charge is 0.311 e. The van der Waals surface area contributed by atoms with Gasteiger partial charge in [-0.2, -0.15) is 0 Å². The molecule has 0 saturated carbocycles. The first-order valence-corrected chi connectivity index (χ1v) is 10.4. The molecule has 7 heteroatoms. The molecule has 0 radical (unpaired) electrons. The van der Waals surface area contributed by atoms with Crippen LogP contribution >= 0.6 is 0 Å². The van der Waals surface area contributed by atoms with Crippen molar-refractivity contribution in [1.82, 2.24) is 0 Å². The molecule has 1 atom stereocenters. The maximum absolute atomic E-state index is 13.2. The topological polar surface area (TPSA) is 83.1 Å². The number of nitrogens with one attached hydrogen (secondary N) is 1. The second-order valence-electron chi connectivity index (χ2n) is 7.34. The number of carbonyl (C=O) groups excluding carboxylic acids is 2. The molecule has 172 valence electrons. The summed E-state index contributed by atoms with van der Waals surface area (Å²) in [6.45, 7) is 1.91. The van der Waals surface area contributed by atoms with Gasteiger partial charge in [0.25, 0.3) is 5.91 Å². The van der Waals surface area contributed by atoms with Gasteiger partial charge in [-0.1, -0.05) is 42.5 Å². The summed E-state index contributed by atoms with van der Waals surface area (Å²) in [4.78, 5) is 26.0. The van der Waals surface area contributed by atoms with Crippen molar-refractivity contribution in [3.05, 3.63) is 83.4 Å². The van der Waals surface area contributed by atoms with Crippen molar-refractivity contribution < 1.29 is 28.5 Å². The summed E-state index contributed by atoms with van der Waals surface area (Å²) >= 11 is 0. The fraction of sp³-hybridized carbons (Fsp3) is 0.231. The van der Waals surface area contributed by atoms with Crippen molar-refractivity contribution in [2.45, 2.75) is 19.4 Å². The van der Waals surface area contributed by atoms with Crippen LogP contribution in [-0.2, 0) is 20.7 Å². The zero-order valence-corrected chi connectivity index (χ0v) is 19.1. The van der Waals surface area contributed by atoms with Crippen LogP contribution in [0.15, 0.2) is 66.7 Å². The van der Waals surface area contributed by atoms with E-state index in [1.807, 2.05) is 19.1 Å². The first kappa shape index (κ1) is 23.7. The average Bonchev–Trinajstić information content (AvgIpc) is 2.83. The first-order chi connectivity index (χ1) is 15.9. The van der Waals surface area contributed by atoms with Gasteiger partial charge in [-0.25, -0.2) is 0 Å². The summed E-state index contributed by atoms with van der Waals surface area (Å²) in [6.07, 6.45) is -1.17. The highest BCUT2D eigenvalue weighted by Crippen LogP contribution is 2.29. The van der Waals surface area contributed by atoms with E-state index < -0.39 is 18.0 Å². The van der Waals surface area contributed by atoms with Crippen molar-refractivity contribution in [3.8, 4) is 17.2 Å². The number of benzene rings is 3. The van der Waals surface area contributed by atoms with E-state index in [-0.39, 0.29) is 6.42 Å². The average molecular weight is 450 g/mol. The van der Waals surface area contributed by atoms with E-state index in [4.69, 9.17) is 18.9 Å². The molecule has 1 N–H and O–H groups in total. The summed E-state index contributed by atoms with van der Waals surface area (Å²) in [5.74, 6) is 0.542. The molecule has 1 unspecified atom stereocenters. The zero-order valence-electron chi connectivity index (χ0n) is 19.1. The first-order valence-electron chi connectivity index (χ1n) is 10.4. The normalized spacial score (nSPS) is 11.3. The summed E-state index contributed by atoms with van der Waals surface area (Å²) in [5.41, 5.74) is 2.68. The summed E-state index contributed by atoms with van der Waals surface area (Å²) in [6, 6.07) is 19.5. The Balaban J connectivity index is 1.81. The van der Waals surface area contributed by atoms with Crippen LogP contribution in [0.25, 0.3) is 0 Å². The zero-order chi connectivity index (χ0) is 23.8. The number of hydrogen-bond donors (Lipinski definition) is 1. The van der Waals surface area contributed by atoms with Gasteiger partial charge < -0.3 is 24.3 Å². The lowest BCUT2D eigenvalue weighted by atomic mass is 10.1. The van der Waals surface area contributed by atoms with Gasteiger partial charge in [-0.3, -0.25) is 9.59 Å². The summed E-state index contributed by atoms with van der Waals surface area (Å²) in [7, 11) is 4.59. The number of ether oxygens (including phenoxy) is 4. The van der Waals surface area contributed by atoms with Crippen LogP contribution in [0.1, 0.15) is 22.8 Å². The Morgan fingerprint density at radius 3 is 2.15 bits per heavy atom. The molecule has 3 aromatic rings. The molecule has 0 saturated heterocycles. The van der Waals surface area contributed by atoms with Crippen LogP contribution in [0.3, 0.4) is 0 Å². The standard InChI is InChI=1S/C26H27NO6/c1-17-10-12-21(30-2)20(14-17)27-26(29)25(19-8-6-5-7-9-19)33-24(28)16-18-11-13-22(31-3)23(15-18)32-4/h5-15,25H,16H2,1-4H3,(H,27,29). The maximum atomic E-state index is 13.2. The number of methoxy groups -OCH3 is 3. The van der Waals surface area contributed by atoms with E-state index >= 15 is 0 Å². The highest BCUT2D eigenvalue weighted by Gasteiger charge is 2.26. The van der Waals surface area contributed by atoms with Crippen LogP contribution in [0.2, 0.25) is 0 Å². The number of aryl methyl sites for hydroxylation is 1. The molecule has 0 aliphatic heterocycles. The molecule has 1 amide bonds. The van der Waals surface area contributed by atoms with Gasteiger partial charge in [-0.15, -0.1) is 0 Å². The molecule has 0 bridgehead atoms. The summed E-state index contributed by atoms with van der Waals surface area (Å²) < 4.78 is 21.5.